The first kappa shape index (κ1) is 24.4. The summed E-state index contributed by atoms with van der Waals surface area (Å²) in [5, 5.41) is 20.0. The first-order valence-corrected chi connectivity index (χ1v) is 8.69. The average molecular weight is 320 g/mol. The van der Waals surface area contributed by atoms with E-state index in [-0.39, 0.29) is 42.1 Å². The fourth-order valence-electron chi connectivity index (χ4n) is 2.36. The van der Waals surface area contributed by atoms with Gasteiger partial charge in [-0.3, -0.25) is 0 Å². The van der Waals surface area contributed by atoms with Crippen LogP contribution in [0.3, 0.4) is 0 Å². The molecule has 0 radical (unpaired) electrons. The molecule has 0 spiro atoms. The van der Waals surface area contributed by atoms with Gasteiger partial charge in [0.2, 0.25) is 0 Å². The van der Waals surface area contributed by atoms with Crippen LogP contribution >= 0.6 is 0 Å². The van der Waals surface area contributed by atoms with Crippen LogP contribution in [0.15, 0.2) is 12.2 Å². The third-order valence-electron chi connectivity index (χ3n) is 3.73. The molecule has 3 nitrogen and oxygen atoms in total. The fraction of sp³-hybridized carbons (Fsp3) is 0.833. The number of aliphatic hydroxyl groups excluding tert-OH is 1. The Kier molecular flexibility index (Phi) is 21.3. The number of aliphatic carboxylic acids is 1. The summed E-state index contributed by atoms with van der Waals surface area (Å²) >= 11 is 0. The molecule has 0 aromatic carbocycles. The molecule has 0 rings (SSSR count). The maximum Gasteiger partial charge on any atom is 1.00 e. The minimum absolute atomic E-state index is 0. The van der Waals surface area contributed by atoms with Crippen LogP contribution in [-0.2, 0) is 4.79 Å². The molecule has 1 N–H and O–H groups in total. The summed E-state index contributed by atoms with van der Waals surface area (Å²) in [6.45, 7) is 2.18. The Bertz CT molecular complexity index is 267. The Morgan fingerprint density at radius 1 is 0.955 bits per heavy atom. The van der Waals surface area contributed by atoms with E-state index in [0.717, 1.165) is 57.8 Å². The van der Waals surface area contributed by atoms with E-state index in [1.807, 2.05) is 0 Å². The van der Waals surface area contributed by atoms with Crippen LogP contribution in [0.25, 0.3) is 0 Å². The number of carbonyl (C=O) groups excluding carboxylic acids is 1. The minimum atomic E-state index is -0.935. The first-order chi connectivity index (χ1) is 10.2. The van der Waals surface area contributed by atoms with E-state index >= 15 is 0 Å². The molecule has 1 unspecified atom stereocenters. The molecule has 1 atom stereocenters. The zero-order chi connectivity index (χ0) is 15.8. The van der Waals surface area contributed by atoms with E-state index in [1.54, 1.807) is 0 Å². The maximum atomic E-state index is 10.2. The molecule has 22 heavy (non-hydrogen) atoms. The van der Waals surface area contributed by atoms with E-state index in [9.17, 15) is 15.0 Å². The normalized spacial score (nSPS) is 12.3. The molecule has 0 bridgehead atoms. The zero-order valence-electron chi connectivity index (χ0n) is 14.7. The molecule has 124 valence electrons. The monoisotopic (exact) mass is 320 g/mol. The van der Waals surface area contributed by atoms with E-state index < -0.39 is 5.97 Å². The van der Waals surface area contributed by atoms with E-state index in [0.29, 0.717) is 0 Å². The van der Waals surface area contributed by atoms with Gasteiger partial charge in [-0.2, -0.15) is 0 Å². The molecule has 0 aromatic heterocycles. The van der Waals surface area contributed by atoms with Gasteiger partial charge in [-0.1, -0.05) is 57.6 Å². The molecule has 0 heterocycles. The van der Waals surface area contributed by atoms with Gasteiger partial charge in [-0.25, -0.2) is 0 Å². The molecule has 0 aliphatic carbocycles. The molecule has 0 aromatic rings. The van der Waals surface area contributed by atoms with Crippen molar-refractivity contribution in [2.75, 3.05) is 0 Å². The summed E-state index contributed by atoms with van der Waals surface area (Å²) in [5.74, 6) is -0.935. The quantitative estimate of drug-likeness (QED) is 0.275. The van der Waals surface area contributed by atoms with Crippen LogP contribution in [0.5, 0.6) is 0 Å². The summed E-state index contributed by atoms with van der Waals surface area (Å²) in [6.07, 6.45) is 17.1. The van der Waals surface area contributed by atoms with Crippen LogP contribution in [0, 0.1) is 0 Å². The number of unbranched alkanes of at least 4 members (excludes halogenated alkanes) is 7. The number of carbonyl (C=O) groups is 1. The maximum absolute atomic E-state index is 10.2. The van der Waals surface area contributed by atoms with E-state index in [4.69, 9.17) is 0 Å². The zero-order valence-corrected chi connectivity index (χ0v) is 16.7. The smallest absolute Gasteiger partial charge is 0.550 e. The van der Waals surface area contributed by atoms with Gasteiger partial charge in [-0.15, -0.1) is 0 Å². The summed E-state index contributed by atoms with van der Waals surface area (Å²) in [7, 11) is 0. The number of carboxylic acid groups (broad SMARTS) is 1. The van der Waals surface area contributed by atoms with Crippen LogP contribution < -0.4 is 34.7 Å². The van der Waals surface area contributed by atoms with Crippen molar-refractivity contribution in [1.82, 2.24) is 0 Å². The molecule has 0 aliphatic rings. The average Bonchev–Trinajstić information content (AvgIpc) is 2.44. The predicted molar refractivity (Wildman–Crippen MR) is 85.8 cm³/mol. The van der Waals surface area contributed by atoms with Crippen molar-refractivity contribution in [1.29, 1.82) is 0 Å². The van der Waals surface area contributed by atoms with Gasteiger partial charge in [0.05, 0.1) is 6.10 Å². The van der Waals surface area contributed by atoms with Gasteiger partial charge < -0.3 is 15.0 Å². The third-order valence-corrected chi connectivity index (χ3v) is 3.73. The molecule has 4 heteroatoms. The first-order valence-electron chi connectivity index (χ1n) is 8.69. The molecule has 0 aliphatic heterocycles. The van der Waals surface area contributed by atoms with E-state index in [2.05, 4.69) is 19.1 Å². The Hall–Kier alpha value is 0.170. The van der Waals surface area contributed by atoms with Crippen molar-refractivity contribution in [2.24, 2.45) is 0 Å². The van der Waals surface area contributed by atoms with Crippen molar-refractivity contribution in [3.8, 4) is 0 Å². The van der Waals surface area contributed by atoms with Crippen molar-refractivity contribution >= 4 is 5.97 Å². The van der Waals surface area contributed by atoms with Crippen molar-refractivity contribution in [2.45, 2.75) is 96.5 Å². The van der Waals surface area contributed by atoms with Gasteiger partial charge >= 0.3 is 29.6 Å². The molecular formula is C18H33NaO3. The Labute approximate surface area is 158 Å². The van der Waals surface area contributed by atoms with Crippen LogP contribution in [0.2, 0.25) is 0 Å². The fourth-order valence-corrected chi connectivity index (χ4v) is 2.36. The van der Waals surface area contributed by atoms with Crippen molar-refractivity contribution < 1.29 is 44.6 Å². The summed E-state index contributed by atoms with van der Waals surface area (Å²) < 4.78 is 0. The molecule has 0 fully saturated rings. The van der Waals surface area contributed by atoms with Crippen LogP contribution in [0.4, 0.5) is 0 Å². The number of allylic oxidation sites excluding steroid dienone is 2. The standard InChI is InChI=1S/C18H34O3.Na/c1-2-3-11-14-17(19)15-12-9-7-5-4-6-8-10-13-16-18(20)21;/h7,9,17,19H,2-6,8,10-16H2,1H3,(H,20,21);/q;+1/p-1/b9-7-;. The summed E-state index contributed by atoms with van der Waals surface area (Å²) in [6, 6.07) is 0. The SMILES string of the molecule is CCCCCC(O)CC/C=C\CCCCCCCC(=O)[O-].[Na+]. The summed E-state index contributed by atoms with van der Waals surface area (Å²) in [4.78, 5) is 10.2. The number of carboxylic acids is 1. The number of hydrogen-bond donors (Lipinski definition) is 1. The Morgan fingerprint density at radius 3 is 2.27 bits per heavy atom. The number of aliphatic hydroxyl groups is 1. The van der Waals surface area contributed by atoms with Crippen molar-refractivity contribution in [3.63, 3.8) is 0 Å². The number of hydrogen-bond acceptors (Lipinski definition) is 3. The summed E-state index contributed by atoms with van der Waals surface area (Å²) in [5.41, 5.74) is 0. The molecule has 0 amide bonds. The Balaban J connectivity index is 0. The van der Waals surface area contributed by atoms with E-state index in [1.165, 1.54) is 19.3 Å². The minimum Gasteiger partial charge on any atom is -0.550 e. The molecular weight excluding hydrogens is 287 g/mol. The van der Waals surface area contributed by atoms with Gasteiger partial charge in [0, 0.05) is 5.97 Å². The van der Waals surface area contributed by atoms with Crippen LogP contribution in [-0.4, -0.2) is 17.2 Å². The van der Waals surface area contributed by atoms with Gasteiger partial charge in [0.1, 0.15) is 0 Å². The van der Waals surface area contributed by atoms with Crippen molar-refractivity contribution in [3.05, 3.63) is 12.2 Å². The topological polar surface area (TPSA) is 60.4 Å². The van der Waals surface area contributed by atoms with Gasteiger partial charge in [0.15, 0.2) is 0 Å². The largest absolute Gasteiger partial charge is 1.00 e. The second kappa shape index (κ2) is 19.2. The second-order valence-electron chi connectivity index (χ2n) is 5.88. The Morgan fingerprint density at radius 2 is 1.59 bits per heavy atom. The van der Waals surface area contributed by atoms with Crippen LogP contribution in [0.1, 0.15) is 90.4 Å². The molecule has 0 saturated heterocycles. The predicted octanol–water partition coefficient (Wildman–Crippen LogP) is 0.749. The van der Waals surface area contributed by atoms with Gasteiger partial charge in [0.25, 0.3) is 0 Å². The third kappa shape index (κ3) is 20.2. The second-order valence-corrected chi connectivity index (χ2v) is 5.88. The molecule has 0 saturated carbocycles. The van der Waals surface area contributed by atoms with Gasteiger partial charge in [-0.05, 0) is 44.9 Å². The number of rotatable bonds is 15.